The maximum atomic E-state index is 13.8. The summed E-state index contributed by atoms with van der Waals surface area (Å²) in [5, 5.41) is 0. The predicted octanol–water partition coefficient (Wildman–Crippen LogP) is 2.49. The van der Waals surface area contributed by atoms with Crippen molar-refractivity contribution in [1.29, 1.82) is 0 Å². The summed E-state index contributed by atoms with van der Waals surface area (Å²) in [6, 6.07) is 10.6. The van der Waals surface area contributed by atoms with Crippen molar-refractivity contribution >= 4 is 5.91 Å². The Hall–Kier alpha value is -2.34. The Kier molecular flexibility index (Phi) is 4.34. The number of rotatable bonds is 2. The van der Waals surface area contributed by atoms with Crippen molar-refractivity contribution in [2.75, 3.05) is 26.7 Å². The number of aromatic nitrogens is 1. The second kappa shape index (κ2) is 6.42. The number of amides is 1. The van der Waals surface area contributed by atoms with Gasteiger partial charge in [0.05, 0.1) is 12.2 Å². The Morgan fingerprint density at radius 2 is 1.96 bits per heavy atom. The number of pyridine rings is 1. The minimum Gasteiger partial charge on any atom is -0.334 e. The molecule has 0 saturated carbocycles. The molecule has 1 aromatic carbocycles. The highest BCUT2D eigenvalue weighted by atomic mass is 19.1. The van der Waals surface area contributed by atoms with Crippen LogP contribution in [0.2, 0.25) is 0 Å². The van der Waals surface area contributed by atoms with Crippen LogP contribution in [-0.4, -0.2) is 47.4 Å². The molecule has 1 aliphatic heterocycles. The average Bonchev–Trinajstić information content (AvgIpc) is 2.55. The van der Waals surface area contributed by atoms with Crippen molar-refractivity contribution in [3.63, 3.8) is 0 Å². The third-order valence-corrected chi connectivity index (χ3v) is 4.13. The molecule has 1 atom stereocenters. The normalized spacial score (nSPS) is 18.9. The van der Waals surface area contributed by atoms with Gasteiger partial charge >= 0.3 is 0 Å². The van der Waals surface area contributed by atoms with Crippen molar-refractivity contribution in [3.8, 4) is 0 Å². The van der Waals surface area contributed by atoms with E-state index in [1.807, 2.05) is 37.4 Å². The first-order valence-corrected chi connectivity index (χ1v) is 7.42. The Morgan fingerprint density at radius 3 is 2.65 bits per heavy atom. The molecule has 120 valence electrons. The zero-order chi connectivity index (χ0) is 16.4. The second-order valence-electron chi connectivity index (χ2n) is 5.64. The van der Waals surface area contributed by atoms with Crippen molar-refractivity contribution < 1.29 is 13.6 Å². The van der Waals surface area contributed by atoms with Gasteiger partial charge in [0, 0.05) is 25.7 Å². The Balaban J connectivity index is 1.82. The molecule has 0 aliphatic carbocycles. The first kappa shape index (κ1) is 15.6. The lowest BCUT2D eigenvalue weighted by molar-refractivity contribution is 0.0536. The van der Waals surface area contributed by atoms with Gasteiger partial charge in [0.2, 0.25) is 0 Å². The van der Waals surface area contributed by atoms with Crippen molar-refractivity contribution in [2.45, 2.75) is 6.04 Å². The molecule has 2 heterocycles. The van der Waals surface area contributed by atoms with Crippen LogP contribution in [0.3, 0.4) is 0 Å². The highest BCUT2D eigenvalue weighted by Crippen LogP contribution is 2.24. The van der Waals surface area contributed by atoms with Gasteiger partial charge in [-0.1, -0.05) is 30.3 Å². The van der Waals surface area contributed by atoms with E-state index < -0.39 is 17.5 Å². The van der Waals surface area contributed by atoms with Gasteiger partial charge in [-0.2, -0.15) is 0 Å². The molecule has 23 heavy (non-hydrogen) atoms. The van der Waals surface area contributed by atoms with Gasteiger partial charge in [0.15, 0.2) is 11.5 Å². The van der Waals surface area contributed by atoms with E-state index in [1.165, 1.54) is 0 Å². The summed E-state index contributed by atoms with van der Waals surface area (Å²) < 4.78 is 26.7. The van der Waals surface area contributed by atoms with E-state index >= 15 is 0 Å². The number of hydrogen-bond acceptors (Lipinski definition) is 3. The van der Waals surface area contributed by atoms with Crippen molar-refractivity contribution in [1.82, 2.24) is 14.8 Å². The van der Waals surface area contributed by atoms with Crippen LogP contribution in [-0.2, 0) is 0 Å². The van der Waals surface area contributed by atoms with Gasteiger partial charge in [-0.3, -0.25) is 9.69 Å². The fourth-order valence-corrected chi connectivity index (χ4v) is 2.81. The van der Waals surface area contributed by atoms with Gasteiger partial charge in [0.25, 0.3) is 5.91 Å². The number of likely N-dealkylation sites (N-methyl/N-ethyl adjacent to an activating group) is 1. The summed E-state index contributed by atoms with van der Waals surface area (Å²) in [6.07, 6.45) is 0.862. The van der Waals surface area contributed by atoms with Gasteiger partial charge < -0.3 is 4.90 Å². The molecule has 0 radical (unpaired) electrons. The predicted molar refractivity (Wildman–Crippen MR) is 81.9 cm³/mol. The minimum absolute atomic E-state index is 0.0393. The first-order chi connectivity index (χ1) is 11.1. The van der Waals surface area contributed by atoms with E-state index in [4.69, 9.17) is 0 Å². The molecule has 6 heteroatoms. The quantitative estimate of drug-likeness (QED) is 0.854. The van der Waals surface area contributed by atoms with Crippen LogP contribution in [0.15, 0.2) is 42.6 Å². The number of nitrogens with zero attached hydrogens (tertiary/aromatic N) is 3. The van der Waals surface area contributed by atoms with E-state index in [1.54, 1.807) is 4.90 Å². The Morgan fingerprint density at radius 1 is 1.22 bits per heavy atom. The van der Waals surface area contributed by atoms with Gasteiger partial charge in [-0.05, 0) is 12.6 Å². The van der Waals surface area contributed by atoms with E-state index in [0.717, 1.165) is 11.8 Å². The Labute approximate surface area is 133 Å². The van der Waals surface area contributed by atoms with Crippen LogP contribution in [0.1, 0.15) is 22.1 Å². The summed E-state index contributed by atoms with van der Waals surface area (Å²) in [6.45, 7) is 1.60. The lowest BCUT2D eigenvalue weighted by atomic mass is 10.0. The topological polar surface area (TPSA) is 36.4 Å². The van der Waals surface area contributed by atoms with Gasteiger partial charge in [-0.15, -0.1) is 0 Å². The number of carbonyl (C=O) groups excluding carboxylic acids is 1. The van der Waals surface area contributed by atoms with E-state index in [2.05, 4.69) is 9.88 Å². The van der Waals surface area contributed by atoms with E-state index in [0.29, 0.717) is 25.7 Å². The largest absolute Gasteiger partial charge is 0.334 e. The minimum atomic E-state index is -0.926. The third-order valence-electron chi connectivity index (χ3n) is 4.13. The number of hydrogen-bond donors (Lipinski definition) is 0. The molecule has 4 nitrogen and oxygen atoms in total. The molecule has 0 unspecified atom stereocenters. The summed E-state index contributed by atoms with van der Waals surface area (Å²) in [5.74, 6) is -2.22. The monoisotopic (exact) mass is 317 g/mol. The zero-order valence-corrected chi connectivity index (χ0v) is 12.7. The lowest BCUT2D eigenvalue weighted by Crippen LogP contribution is -2.49. The number of carbonyl (C=O) groups is 1. The maximum absolute atomic E-state index is 13.8. The SMILES string of the molecule is CN1CCN(C(=O)c2ncc(F)cc2F)C[C@@H]1c1ccccc1. The number of benzene rings is 1. The van der Waals surface area contributed by atoms with Crippen LogP contribution < -0.4 is 0 Å². The second-order valence-corrected chi connectivity index (χ2v) is 5.64. The van der Waals surface area contributed by atoms with Crippen LogP contribution in [0, 0.1) is 11.6 Å². The van der Waals surface area contributed by atoms with Crippen LogP contribution in [0.5, 0.6) is 0 Å². The maximum Gasteiger partial charge on any atom is 0.275 e. The molecule has 1 saturated heterocycles. The number of halogens is 2. The van der Waals surface area contributed by atoms with Crippen LogP contribution in [0.4, 0.5) is 8.78 Å². The average molecular weight is 317 g/mol. The van der Waals surface area contributed by atoms with Crippen molar-refractivity contribution in [2.24, 2.45) is 0 Å². The summed E-state index contributed by atoms with van der Waals surface area (Å²) in [7, 11) is 2.00. The summed E-state index contributed by atoms with van der Waals surface area (Å²) in [4.78, 5) is 19.8. The van der Waals surface area contributed by atoms with Gasteiger partial charge in [-0.25, -0.2) is 13.8 Å². The molecule has 0 bridgehead atoms. The fraction of sp³-hybridized carbons (Fsp3) is 0.294. The van der Waals surface area contributed by atoms with E-state index in [-0.39, 0.29) is 11.7 Å². The molecule has 1 amide bonds. The molecular formula is C17H17F2N3O. The molecule has 2 aromatic rings. The highest BCUT2D eigenvalue weighted by Gasteiger charge is 2.30. The fourth-order valence-electron chi connectivity index (χ4n) is 2.81. The van der Waals surface area contributed by atoms with Crippen molar-refractivity contribution in [3.05, 3.63) is 65.5 Å². The molecule has 0 N–H and O–H groups in total. The van der Waals surface area contributed by atoms with E-state index in [9.17, 15) is 13.6 Å². The first-order valence-electron chi connectivity index (χ1n) is 7.42. The highest BCUT2D eigenvalue weighted by molar-refractivity contribution is 5.92. The number of piperazine rings is 1. The zero-order valence-electron chi connectivity index (χ0n) is 12.7. The molecule has 1 aliphatic rings. The Bertz CT molecular complexity index is 708. The molecule has 1 aromatic heterocycles. The molecule has 0 spiro atoms. The lowest BCUT2D eigenvalue weighted by Gasteiger charge is -2.39. The standard InChI is InChI=1S/C17H17F2N3O/c1-21-7-8-22(11-15(21)12-5-3-2-4-6-12)17(23)16-14(19)9-13(18)10-20-16/h2-6,9-10,15H,7-8,11H2,1H3/t15-/m1/s1. The van der Waals surface area contributed by atoms with Crippen LogP contribution >= 0.6 is 0 Å². The third kappa shape index (κ3) is 3.22. The molecule has 3 rings (SSSR count). The molecule has 1 fully saturated rings. The van der Waals surface area contributed by atoms with Gasteiger partial charge in [0.1, 0.15) is 5.82 Å². The summed E-state index contributed by atoms with van der Waals surface area (Å²) in [5.41, 5.74) is 0.766. The summed E-state index contributed by atoms with van der Waals surface area (Å²) >= 11 is 0. The molecular weight excluding hydrogens is 300 g/mol. The smallest absolute Gasteiger partial charge is 0.275 e. The van der Waals surface area contributed by atoms with Crippen LogP contribution in [0.25, 0.3) is 0 Å².